The van der Waals surface area contributed by atoms with Crippen LogP contribution in [-0.2, 0) is 20.7 Å². The summed E-state index contributed by atoms with van der Waals surface area (Å²) in [5.41, 5.74) is 1.06. The van der Waals surface area contributed by atoms with Gasteiger partial charge in [0.25, 0.3) is 0 Å². The lowest BCUT2D eigenvalue weighted by atomic mass is 9.86. The summed E-state index contributed by atoms with van der Waals surface area (Å²) in [6, 6.07) is 14.2. The highest BCUT2D eigenvalue weighted by Crippen LogP contribution is 2.32. The van der Waals surface area contributed by atoms with Crippen LogP contribution in [0.2, 0.25) is 0 Å². The summed E-state index contributed by atoms with van der Waals surface area (Å²) in [4.78, 5) is 44.4. The number of anilines is 2. The third-order valence-corrected chi connectivity index (χ3v) is 6.98. The van der Waals surface area contributed by atoms with E-state index in [2.05, 4.69) is 0 Å². The number of carbonyl (C=O) groups is 3. The summed E-state index contributed by atoms with van der Waals surface area (Å²) in [6.45, 7) is 13.0. The van der Waals surface area contributed by atoms with Crippen molar-refractivity contribution >= 4 is 29.5 Å². The van der Waals surface area contributed by atoms with E-state index in [1.54, 1.807) is 39.0 Å². The van der Waals surface area contributed by atoms with Gasteiger partial charge in [-0.15, -0.1) is 0 Å². The summed E-state index contributed by atoms with van der Waals surface area (Å²) in [7, 11) is 0. The molecule has 2 aromatic rings. The molecule has 1 N–H and O–H groups in total. The molecule has 2 heterocycles. The van der Waals surface area contributed by atoms with Gasteiger partial charge in [0.1, 0.15) is 17.0 Å². The number of phenols is 1. The number of nitrogens with zero attached hydrogens (tertiary/aromatic N) is 3. The highest BCUT2D eigenvalue weighted by atomic mass is 16.6. The van der Waals surface area contributed by atoms with Gasteiger partial charge in [0.05, 0.1) is 5.92 Å². The van der Waals surface area contributed by atoms with Crippen molar-refractivity contribution in [2.75, 3.05) is 36.0 Å². The van der Waals surface area contributed by atoms with Gasteiger partial charge in [-0.1, -0.05) is 18.2 Å². The number of likely N-dealkylation sites (tertiary alicyclic amines) is 1. The zero-order valence-corrected chi connectivity index (χ0v) is 24.3. The quantitative estimate of drug-likeness (QED) is 0.470. The number of carbonyl (C=O) groups excluding carboxylic acids is 3. The van der Waals surface area contributed by atoms with Gasteiger partial charge in [-0.25, -0.2) is 9.59 Å². The van der Waals surface area contributed by atoms with Crippen LogP contribution in [0, 0.1) is 11.8 Å². The van der Waals surface area contributed by atoms with Crippen LogP contribution >= 0.6 is 0 Å². The third-order valence-electron chi connectivity index (χ3n) is 6.98. The number of urea groups is 1. The normalized spacial score (nSPS) is 18.7. The summed E-state index contributed by atoms with van der Waals surface area (Å²) in [6.07, 6.45) is 0.726. The minimum Gasteiger partial charge on any atom is -0.508 e. The highest BCUT2D eigenvalue weighted by molar-refractivity contribution is 6.06. The Morgan fingerprint density at radius 2 is 1.50 bits per heavy atom. The number of aromatic hydroxyl groups is 1. The van der Waals surface area contributed by atoms with E-state index >= 15 is 0 Å². The lowest BCUT2D eigenvalue weighted by molar-refractivity contribution is -0.161. The largest absolute Gasteiger partial charge is 0.508 e. The smallest absolute Gasteiger partial charge is 0.410 e. The van der Waals surface area contributed by atoms with Gasteiger partial charge in [0, 0.05) is 43.6 Å². The molecule has 40 heavy (non-hydrogen) atoms. The van der Waals surface area contributed by atoms with Crippen molar-refractivity contribution in [1.82, 2.24) is 4.90 Å². The van der Waals surface area contributed by atoms with Gasteiger partial charge in [0.15, 0.2) is 0 Å². The van der Waals surface area contributed by atoms with E-state index in [1.807, 2.05) is 65.8 Å². The molecule has 2 aliphatic rings. The van der Waals surface area contributed by atoms with E-state index in [0.29, 0.717) is 44.7 Å². The SMILES string of the molecule is CC(C)(C)OC(=O)[C@@H](Cc1cccc(N2CCN(c3cccc(O)c3)C2=O)c1)[C@H]1CCN(C(=O)OC(C)(C)C)C1. The molecule has 0 aliphatic carbocycles. The van der Waals surface area contributed by atoms with Crippen molar-refractivity contribution in [1.29, 1.82) is 0 Å². The van der Waals surface area contributed by atoms with Gasteiger partial charge in [-0.05, 0) is 90.1 Å². The molecule has 2 atom stereocenters. The van der Waals surface area contributed by atoms with Gasteiger partial charge in [0.2, 0.25) is 0 Å². The fourth-order valence-corrected chi connectivity index (χ4v) is 5.21. The van der Waals surface area contributed by atoms with Crippen molar-refractivity contribution in [2.24, 2.45) is 11.8 Å². The van der Waals surface area contributed by atoms with E-state index in [4.69, 9.17) is 9.47 Å². The molecule has 9 heteroatoms. The van der Waals surface area contributed by atoms with Crippen LogP contribution in [0.4, 0.5) is 21.0 Å². The van der Waals surface area contributed by atoms with E-state index < -0.39 is 17.1 Å². The number of phenolic OH excluding ortho intramolecular Hbond substituents is 1. The van der Waals surface area contributed by atoms with E-state index in [-0.39, 0.29) is 29.8 Å². The highest BCUT2D eigenvalue weighted by Gasteiger charge is 2.39. The van der Waals surface area contributed by atoms with Crippen molar-refractivity contribution in [2.45, 2.75) is 65.6 Å². The third kappa shape index (κ3) is 7.25. The lowest BCUT2D eigenvalue weighted by Gasteiger charge is -2.28. The molecule has 3 amide bonds. The number of hydrogen-bond donors (Lipinski definition) is 1. The number of esters is 1. The Hall–Kier alpha value is -3.75. The number of ether oxygens (including phenoxy) is 2. The van der Waals surface area contributed by atoms with E-state index in [9.17, 15) is 19.5 Å². The maximum absolute atomic E-state index is 13.4. The molecule has 2 fully saturated rings. The molecule has 0 unspecified atom stereocenters. The maximum Gasteiger partial charge on any atom is 0.410 e. The monoisotopic (exact) mass is 551 g/mol. The first-order valence-corrected chi connectivity index (χ1v) is 13.9. The van der Waals surface area contributed by atoms with Crippen molar-refractivity contribution < 1.29 is 29.0 Å². The Morgan fingerprint density at radius 3 is 2.10 bits per heavy atom. The topological polar surface area (TPSA) is 99.6 Å². The molecule has 0 radical (unpaired) electrons. The number of rotatable bonds is 6. The molecule has 0 aromatic heterocycles. The van der Waals surface area contributed by atoms with Crippen LogP contribution < -0.4 is 9.80 Å². The van der Waals surface area contributed by atoms with Crippen molar-refractivity contribution in [3.63, 3.8) is 0 Å². The Bertz CT molecular complexity index is 1250. The second-order valence-corrected chi connectivity index (χ2v) is 12.6. The number of amides is 3. The second kappa shape index (κ2) is 11.4. The van der Waals surface area contributed by atoms with Gasteiger partial charge in [-0.2, -0.15) is 0 Å². The molecule has 216 valence electrons. The average Bonchev–Trinajstić information content (AvgIpc) is 3.48. The zero-order chi connectivity index (χ0) is 29.2. The van der Waals surface area contributed by atoms with Crippen LogP contribution in [0.3, 0.4) is 0 Å². The minimum absolute atomic E-state index is 0.0827. The van der Waals surface area contributed by atoms with Crippen molar-refractivity contribution in [3.8, 4) is 5.75 Å². The van der Waals surface area contributed by atoms with Crippen LogP contribution in [0.1, 0.15) is 53.5 Å². The van der Waals surface area contributed by atoms with Gasteiger partial charge < -0.3 is 19.5 Å². The molecule has 2 saturated heterocycles. The predicted octanol–water partition coefficient (Wildman–Crippen LogP) is 5.60. The minimum atomic E-state index is -0.641. The van der Waals surface area contributed by atoms with Crippen LogP contribution in [0.25, 0.3) is 0 Å². The predicted molar refractivity (Wildman–Crippen MR) is 154 cm³/mol. The molecule has 2 aromatic carbocycles. The Kier molecular flexibility index (Phi) is 8.33. The zero-order valence-electron chi connectivity index (χ0n) is 24.3. The molecule has 0 bridgehead atoms. The van der Waals surface area contributed by atoms with Crippen LogP contribution in [0.5, 0.6) is 5.75 Å². The standard InChI is InChI=1S/C31H41N3O6/c1-30(2,3)39-27(36)26(22-13-14-32(20-22)29(38)40-31(4,5)6)18-21-9-7-10-23(17-21)33-15-16-34(28(33)37)24-11-8-12-25(35)19-24/h7-12,17,19,22,26,35H,13-16,18,20H2,1-6H3/t22-,26-/m0/s1. The van der Waals surface area contributed by atoms with Gasteiger partial charge >= 0.3 is 18.1 Å². The van der Waals surface area contributed by atoms with Crippen LogP contribution in [0.15, 0.2) is 48.5 Å². The number of hydrogen-bond acceptors (Lipinski definition) is 6. The molecule has 0 spiro atoms. The lowest BCUT2D eigenvalue weighted by Crippen LogP contribution is -2.38. The van der Waals surface area contributed by atoms with E-state index in [0.717, 1.165) is 11.3 Å². The molecule has 2 aliphatic heterocycles. The Labute approximate surface area is 236 Å². The number of benzene rings is 2. The van der Waals surface area contributed by atoms with Gasteiger partial charge in [-0.3, -0.25) is 14.6 Å². The Balaban J connectivity index is 1.51. The van der Waals surface area contributed by atoms with Crippen LogP contribution in [-0.4, -0.2) is 65.5 Å². The van der Waals surface area contributed by atoms with Crippen molar-refractivity contribution in [3.05, 3.63) is 54.1 Å². The average molecular weight is 552 g/mol. The fraction of sp³-hybridized carbons (Fsp3) is 0.516. The summed E-state index contributed by atoms with van der Waals surface area (Å²) < 4.78 is 11.4. The first kappa shape index (κ1) is 29.2. The summed E-state index contributed by atoms with van der Waals surface area (Å²) in [5, 5.41) is 9.85. The molecule has 9 nitrogen and oxygen atoms in total. The first-order valence-electron chi connectivity index (χ1n) is 13.9. The fourth-order valence-electron chi connectivity index (χ4n) is 5.21. The summed E-state index contributed by atoms with van der Waals surface area (Å²) in [5.74, 6) is -0.724. The summed E-state index contributed by atoms with van der Waals surface area (Å²) >= 11 is 0. The molecule has 4 rings (SSSR count). The molecule has 0 saturated carbocycles. The van der Waals surface area contributed by atoms with E-state index in [1.165, 1.54) is 0 Å². The molecular weight excluding hydrogens is 510 g/mol. The second-order valence-electron chi connectivity index (χ2n) is 12.6. The maximum atomic E-state index is 13.4. The molecular formula is C31H41N3O6. The Morgan fingerprint density at radius 1 is 0.900 bits per heavy atom. The first-order chi connectivity index (χ1) is 18.7.